The van der Waals surface area contributed by atoms with Crippen molar-refractivity contribution in [2.24, 2.45) is 0 Å². The Balaban J connectivity index is -0.000000245. The summed E-state index contributed by atoms with van der Waals surface area (Å²) in [6, 6.07) is 58.0. The van der Waals surface area contributed by atoms with Gasteiger partial charge in [0.1, 0.15) is 0 Å². The molecule has 398 valence electrons. The van der Waals surface area contributed by atoms with Gasteiger partial charge in [-0.3, -0.25) is 15.0 Å². The zero-order valence-electron chi connectivity index (χ0n) is 43.7. The molecule has 75 heavy (non-hydrogen) atoms. The predicted molar refractivity (Wildman–Crippen MR) is 268 cm³/mol. The fourth-order valence-electron chi connectivity index (χ4n) is 4.75. The molecule has 0 bridgehead atoms. The summed E-state index contributed by atoms with van der Waals surface area (Å²) >= 11 is 0. The number of hydrogen-bond acceptors (Lipinski definition) is 9. The topological polar surface area (TPSA) is 177 Å². The molecular weight excluding hydrogens is 1220 g/mol. The van der Waals surface area contributed by atoms with Crippen LogP contribution in [-0.4, -0.2) is 22.2 Å². The number of halogens is 4. The Morgan fingerprint density at radius 3 is 0.587 bits per heavy atom. The molecule has 9 nitrogen and oxygen atoms in total. The van der Waals surface area contributed by atoms with Gasteiger partial charge >= 0.3 is 84.5 Å². The largest absolute Gasteiger partial charge is 2.00 e. The second kappa shape index (κ2) is 47.1. The first-order valence-corrected chi connectivity index (χ1v) is 22.5. The van der Waals surface area contributed by atoms with Gasteiger partial charge in [0.05, 0.1) is 0 Å². The molecule has 18 heteroatoms. The fraction of sp³-hybridized carbons (Fsp3) is 0.211. The Morgan fingerprint density at radius 1 is 0.320 bits per heavy atom. The molecule has 3 heterocycles. The van der Waals surface area contributed by atoms with Gasteiger partial charge in [0, 0.05) is 18.6 Å². The molecule has 5 aromatic carbocycles. The Bertz CT molecular complexity index is 2150. The minimum absolute atomic E-state index is 0. The minimum Gasteiger partial charge on any atom is -0.872 e. The molecule has 0 aliphatic rings. The molecule has 0 unspecified atom stereocenters. The van der Waals surface area contributed by atoms with Gasteiger partial charge in [0.15, 0.2) is 0 Å². The van der Waals surface area contributed by atoms with Gasteiger partial charge in [0.25, 0.3) is 0 Å². The molecule has 0 radical (unpaired) electrons. The summed E-state index contributed by atoms with van der Waals surface area (Å²) in [5.41, 5.74) is 8.28. The summed E-state index contributed by atoms with van der Waals surface area (Å²) in [5.74, 6) is -1.75. The summed E-state index contributed by atoms with van der Waals surface area (Å²) in [7, 11) is -6.00. The van der Waals surface area contributed by atoms with Crippen molar-refractivity contribution < 1.29 is 125 Å². The molecule has 0 aliphatic carbocycles. The monoisotopic (exact) mass is 1290 g/mol. The van der Waals surface area contributed by atoms with Crippen molar-refractivity contribution >= 4 is 7.25 Å². The van der Waals surface area contributed by atoms with Crippen molar-refractivity contribution in [2.45, 2.75) is 80.1 Å². The second-order valence-electron chi connectivity index (χ2n) is 15.9. The van der Waals surface area contributed by atoms with E-state index in [0.717, 1.165) is 0 Å². The zero-order chi connectivity index (χ0) is 53.6. The predicted octanol–water partition coefficient (Wildman–Crippen LogP) is 8.71. The number of aryl methyl sites for hydroxylation is 3. The van der Waals surface area contributed by atoms with Crippen LogP contribution in [0.2, 0.25) is 0 Å². The third-order valence-electron chi connectivity index (χ3n) is 8.77. The molecular formula is C57H63BF4LiN3O6Ru3. The zero-order valence-corrected chi connectivity index (χ0v) is 48.9. The van der Waals surface area contributed by atoms with Gasteiger partial charge in [0.2, 0.25) is 0 Å². The number of pyridine rings is 3. The molecule has 3 aromatic heterocycles. The molecule has 0 atom stereocenters. The third-order valence-corrected chi connectivity index (χ3v) is 8.77. The van der Waals surface area contributed by atoms with E-state index in [1.54, 1.807) is 0 Å². The molecule has 8 rings (SSSR count). The van der Waals surface area contributed by atoms with Crippen molar-refractivity contribution in [1.29, 1.82) is 0 Å². The number of nitrogens with zero attached hydrogens (tertiary/aromatic N) is 3. The van der Waals surface area contributed by atoms with Crippen molar-refractivity contribution in [1.82, 2.24) is 15.0 Å². The molecule has 8 aromatic rings. The summed E-state index contributed by atoms with van der Waals surface area (Å²) in [5, 5.41) is 61.3. The SMILES string of the molecule is Cc1ccc(C(C)C)cc1.Cc1ccc(C(C)C)cc1.Cc1ccc(C(C)C)cc1.F[B-](F)(F)F.[Li+].[O-]c1cccnc1[O-].[O-]c1cccnc1[O-].[O-]c1cccnc1[O-].[Ru+2].[Ru+2].[Ru+2].c1ccccc1.c1ccccc1. The first kappa shape index (κ1) is 78.5. The molecule has 0 aliphatic heterocycles. The van der Waals surface area contributed by atoms with Gasteiger partial charge in [-0.05, 0) is 91.1 Å². The van der Waals surface area contributed by atoms with Gasteiger partial charge in [-0.2, -0.15) is 0 Å². The van der Waals surface area contributed by atoms with E-state index in [2.05, 4.69) is 150 Å². The molecule has 0 amide bonds. The second-order valence-corrected chi connectivity index (χ2v) is 15.9. The van der Waals surface area contributed by atoms with Crippen molar-refractivity contribution in [2.75, 3.05) is 0 Å². The van der Waals surface area contributed by atoms with Gasteiger partial charge in [-0.25, -0.2) is 0 Å². The maximum absolute atomic E-state index is 10.2. The van der Waals surface area contributed by atoms with Crippen LogP contribution >= 0.6 is 0 Å². The smallest absolute Gasteiger partial charge is 0.872 e. The van der Waals surface area contributed by atoms with E-state index in [1.165, 1.54) is 88.4 Å². The summed E-state index contributed by atoms with van der Waals surface area (Å²) < 4.78 is 39.0. The number of aromatic nitrogens is 3. The molecule has 0 spiro atoms. The van der Waals surface area contributed by atoms with Crippen LogP contribution in [0.1, 0.15) is 92.7 Å². The van der Waals surface area contributed by atoms with E-state index in [9.17, 15) is 47.9 Å². The molecule has 0 saturated carbocycles. The Kier molecular flexibility index (Phi) is 49.3. The average Bonchev–Trinajstić information content (AvgIpc) is 3.34. The first-order valence-electron chi connectivity index (χ1n) is 22.5. The van der Waals surface area contributed by atoms with Crippen LogP contribution < -0.4 is 49.5 Å². The van der Waals surface area contributed by atoms with Crippen LogP contribution in [0, 0.1) is 20.8 Å². The van der Waals surface area contributed by atoms with E-state index in [1.807, 2.05) is 72.8 Å². The maximum atomic E-state index is 10.2. The average molecular weight is 1280 g/mol. The Morgan fingerprint density at radius 2 is 0.480 bits per heavy atom. The summed E-state index contributed by atoms with van der Waals surface area (Å²) in [6.07, 6.45) is 3.89. The Hall–Kier alpha value is -5.40. The van der Waals surface area contributed by atoms with E-state index in [0.29, 0.717) is 17.8 Å². The standard InChI is InChI=1S/3C10H14.2C6H6.3C5H5NO2.BF4.Li.3Ru/c3*1-8(2)10-6-4-9(3)5-7-10;2*1-2-4-6-5-3-1;3*7-4-2-1-3-6-5(4)8;2-1(3,4)5;;;;/h3*4-8H,1-3H3;2*1-6H;3*1-3,7H,(H,6,8);;;;;/q;;;;;;;;-1;+1;3*+2/p-6. The van der Waals surface area contributed by atoms with Crippen molar-refractivity contribution in [3.05, 3.63) is 234 Å². The van der Waals surface area contributed by atoms with E-state index >= 15 is 0 Å². The van der Waals surface area contributed by atoms with Crippen LogP contribution in [0.25, 0.3) is 0 Å². The number of hydrogen-bond donors (Lipinski definition) is 0. The van der Waals surface area contributed by atoms with E-state index < -0.39 is 42.1 Å². The molecule has 0 N–H and O–H groups in total. The Labute approximate surface area is 492 Å². The van der Waals surface area contributed by atoms with Gasteiger partial charge in [-0.1, -0.05) is 239 Å². The number of benzene rings is 5. The molecule has 0 fully saturated rings. The maximum Gasteiger partial charge on any atom is 2.00 e. The van der Waals surface area contributed by atoms with Gasteiger partial charge < -0.3 is 47.9 Å². The normalized spacial score (nSPS) is 9.12. The summed E-state index contributed by atoms with van der Waals surface area (Å²) in [6.45, 7) is 19.6. The van der Waals surface area contributed by atoms with E-state index in [4.69, 9.17) is 0 Å². The van der Waals surface area contributed by atoms with Crippen LogP contribution in [0.15, 0.2) is 201 Å². The fourth-order valence-corrected chi connectivity index (χ4v) is 4.75. The van der Waals surface area contributed by atoms with Crippen LogP contribution in [-0.2, 0) is 58.4 Å². The first-order chi connectivity index (χ1) is 33.5. The van der Waals surface area contributed by atoms with Gasteiger partial charge in [-0.15, -0.1) is 0 Å². The number of rotatable bonds is 3. The molecule has 0 saturated heterocycles. The quantitative estimate of drug-likeness (QED) is 0.124. The third kappa shape index (κ3) is 45.7. The van der Waals surface area contributed by atoms with Crippen LogP contribution in [0.3, 0.4) is 0 Å². The minimum atomic E-state index is -6.00. The summed E-state index contributed by atoms with van der Waals surface area (Å²) in [4.78, 5) is 9.63. The van der Waals surface area contributed by atoms with Crippen molar-refractivity contribution in [3.63, 3.8) is 0 Å². The van der Waals surface area contributed by atoms with Crippen LogP contribution in [0.5, 0.6) is 34.9 Å². The van der Waals surface area contributed by atoms with Crippen LogP contribution in [0.4, 0.5) is 17.3 Å². The van der Waals surface area contributed by atoms with E-state index in [-0.39, 0.29) is 77.3 Å². The van der Waals surface area contributed by atoms with Crippen molar-refractivity contribution in [3.8, 4) is 34.9 Å².